The van der Waals surface area contributed by atoms with Crippen LogP contribution < -0.4 is 4.90 Å². The molecule has 3 saturated carbocycles. The summed E-state index contributed by atoms with van der Waals surface area (Å²) < 4.78 is 0. The molecule has 4 aliphatic rings. The molecular formula is C28H42N2O2S. The van der Waals surface area contributed by atoms with E-state index in [1.54, 1.807) is 0 Å². The molecule has 33 heavy (non-hydrogen) atoms. The first-order chi connectivity index (χ1) is 15.3. The van der Waals surface area contributed by atoms with E-state index in [-0.39, 0.29) is 34.4 Å². The molecular weight excluding hydrogens is 428 g/mol. The van der Waals surface area contributed by atoms with Gasteiger partial charge in [0.1, 0.15) is 0 Å². The lowest BCUT2D eigenvalue weighted by atomic mass is 9.39. The fourth-order valence-electron chi connectivity index (χ4n) is 9.25. The predicted octanol–water partition coefficient (Wildman–Crippen LogP) is 5.77. The Kier molecular flexibility index (Phi) is 5.11. The van der Waals surface area contributed by atoms with Crippen LogP contribution in [0.1, 0.15) is 85.2 Å². The van der Waals surface area contributed by atoms with Crippen molar-refractivity contribution in [1.82, 2.24) is 4.98 Å². The lowest BCUT2D eigenvalue weighted by molar-refractivity contribution is -0.195. The molecule has 7 atom stereocenters. The van der Waals surface area contributed by atoms with Crippen molar-refractivity contribution in [2.24, 2.45) is 34.5 Å². The van der Waals surface area contributed by atoms with E-state index in [4.69, 9.17) is 4.98 Å². The zero-order valence-electron chi connectivity index (χ0n) is 21.7. The van der Waals surface area contributed by atoms with Gasteiger partial charge in [-0.05, 0) is 88.0 Å². The molecule has 1 N–H and O–H groups in total. The van der Waals surface area contributed by atoms with E-state index in [1.807, 2.05) is 11.3 Å². The first-order valence-corrected chi connectivity index (χ1v) is 13.8. The minimum Gasteiger partial charge on any atom is -0.392 e. The zero-order chi connectivity index (χ0) is 24.2. The maximum absolute atomic E-state index is 13.8. The lowest BCUT2D eigenvalue weighted by Crippen LogP contribution is -2.66. The van der Waals surface area contributed by atoms with Gasteiger partial charge in [0.25, 0.3) is 0 Å². The van der Waals surface area contributed by atoms with Gasteiger partial charge in [0.2, 0.25) is 0 Å². The Hall–Kier alpha value is -1.20. The third-order valence-electron chi connectivity index (χ3n) is 10.5. The van der Waals surface area contributed by atoms with Gasteiger partial charge < -0.3 is 10.0 Å². The van der Waals surface area contributed by atoms with Crippen molar-refractivity contribution in [3.8, 4) is 0 Å². The van der Waals surface area contributed by atoms with Gasteiger partial charge >= 0.3 is 0 Å². The number of fused-ring (bicyclic) bond motifs is 4. The first kappa shape index (κ1) is 23.5. The number of allylic oxidation sites excluding steroid dienone is 1. The van der Waals surface area contributed by atoms with Crippen molar-refractivity contribution >= 4 is 22.3 Å². The van der Waals surface area contributed by atoms with E-state index in [2.05, 4.69) is 66.9 Å². The zero-order valence-corrected chi connectivity index (χ0v) is 22.6. The molecule has 5 heteroatoms. The number of thiazole rings is 1. The Morgan fingerprint density at radius 2 is 1.76 bits per heavy atom. The molecule has 1 aromatic heterocycles. The first-order valence-electron chi connectivity index (χ1n) is 13.0. The van der Waals surface area contributed by atoms with E-state index in [0.29, 0.717) is 24.4 Å². The molecule has 3 fully saturated rings. The second-order valence-corrected chi connectivity index (χ2v) is 13.9. The second-order valence-electron chi connectivity index (χ2n) is 12.9. The number of aliphatic hydroxyl groups is 1. The Morgan fingerprint density at radius 3 is 2.36 bits per heavy atom. The quantitative estimate of drug-likeness (QED) is 0.570. The Balaban J connectivity index is 1.65. The van der Waals surface area contributed by atoms with Crippen LogP contribution in [-0.4, -0.2) is 34.1 Å². The summed E-state index contributed by atoms with van der Waals surface area (Å²) in [6.07, 6.45) is 3.11. The summed E-state index contributed by atoms with van der Waals surface area (Å²) in [5, 5.41) is 12.8. The number of hydrogen-bond donors (Lipinski definition) is 1. The number of aromatic nitrogens is 1. The number of aliphatic hydroxyl groups excluding tert-OH is 1. The van der Waals surface area contributed by atoms with Crippen LogP contribution in [-0.2, 0) is 16.6 Å². The highest BCUT2D eigenvalue weighted by atomic mass is 32.1. The van der Waals surface area contributed by atoms with Gasteiger partial charge in [-0.1, -0.05) is 34.3 Å². The van der Waals surface area contributed by atoms with Gasteiger partial charge in [0.05, 0.1) is 17.2 Å². The largest absolute Gasteiger partial charge is 0.392 e. The van der Waals surface area contributed by atoms with Crippen LogP contribution in [0, 0.1) is 34.5 Å². The molecule has 0 amide bonds. The van der Waals surface area contributed by atoms with Crippen LogP contribution in [0.4, 0.5) is 5.13 Å². The van der Waals surface area contributed by atoms with E-state index in [9.17, 15) is 9.90 Å². The van der Waals surface area contributed by atoms with Crippen molar-refractivity contribution in [1.29, 1.82) is 0 Å². The van der Waals surface area contributed by atoms with Crippen LogP contribution in [0.3, 0.4) is 0 Å². The third kappa shape index (κ3) is 2.73. The number of rotatable bonds is 3. The monoisotopic (exact) mass is 470 g/mol. The molecule has 5 rings (SSSR count). The summed E-state index contributed by atoms with van der Waals surface area (Å²) in [5.41, 5.74) is 1.20. The summed E-state index contributed by atoms with van der Waals surface area (Å²) in [6, 6.07) is 0.781. The molecule has 1 spiro atoms. The summed E-state index contributed by atoms with van der Waals surface area (Å²) in [6.45, 7) is 22.5. The Labute approximate surface area is 203 Å². The highest BCUT2D eigenvalue weighted by Crippen LogP contribution is 2.72. The van der Waals surface area contributed by atoms with Gasteiger partial charge in [0.15, 0.2) is 10.9 Å². The third-order valence-corrected chi connectivity index (χ3v) is 11.5. The molecule has 2 bridgehead atoms. The standard InChI is InChI=1S/C28H42N2O2S/c1-14(2)30(15(3)4)25-29-23-19(33-25)13-27(9)20-11-10-18-16(5)24(32)28(20,17(18)6)22(31)12-21(27)26(23,7)8/h14-15,17-18,20-22,31H,5,10-13H2,1-4,6-9H3/t17?,18-,20+,21-,22-,27+,28-/m1/s1. The molecule has 1 unspecified atom stereocenters. The number of carbonyl (C=O) groups excluding carboxylic acids is 1. The fourth-order valence-corrected chi connectivity index (χ4v) is 10.9. The van der Waals surface area contributed by atoms with Gasteiger partial charge in [-0.3, -0.25) is 4.79 Å². The predicted molar refractivity (Wildman–Crippen MR) is 136 cm³/mol. The van der Waals surface area contributed by atoms with Crippen LogP contribution in [0.2, 0.25) is 0 Å². The van der Waals surface area contributed by atoms with E-state index in [1.165, 1.54) is 10.6 Å². The maximum atomic E-state index is 13.8. The van der Waals surface area contributed by atoms with E-state index < -0.39 is 11.5 Å². The Morgan fingerprint density at radius 1 is 1.12 bits per heavy atom. The van der Waals surface area contributed by atoms with Crippen molar-refractivity contribution < 1.29 is 9.90 Å². The van der Waals surface area contributed by atoms with Crippen molar-refractivity contribution in [3.63, 3.8) is 0 Å². The number of ketones is 1. The second kappa shape index (κ2) is 7.16. The number of hydrogen-bond acceptors (Lipinski definition) is 5. The summed E-state index contributed by atoms with van der Waals surface area (Å²) in [4.78, 5) is 22.8. The fraction of sp³-hybridized carbons (Fsp3) is 0.786. The average Bonchev–Trinajstić information content (AvgIpc) is 3.15. The smallest absolute Gasteiger partial charge is 0.186 e. The summed E-state index contributed by atoms with van der Waals surface area (Å²) in [5.74, 6) is 1.10. The highest BCUT2D eigenvalue weighted by molar-refractivity contribution is 7.15. The molecule has 4 aliphatic carbocycles. The highest BCUT2D eigenvalue weighted by Gasteiger charge is 2.73. The number of Topliss-reactive ketones (excluding diaryl/α,β-unsaturated/α-hetero) is 1. The van der Waals surface area contributed by atoms with Crippen LogP contribution >= 0.6 is 11.3 Å². The van der Waals surface area contributed by atoms with E-state index in [0.717, 1.165) is 30.0 Å². The van der Waals surface area contributed by atoms with Crippen LogP contribution in [0.15, 0.2) is 12.2 Å². The van der Waals surface area contributed by atoms with Gasteiger partial charge in [0, 0.05) is 22.4 Å². The van der Waals surface area contributed by atoms with Gasteiger partial charge in [-0.2, -0.15) is 0 Å². The Bertz CT molecular complexity index is 1000. The van der Waals surface area contributed by atoms with E-state index >= 15 is 0 Å². The summed E-state index contributed by atoms with van der Waals surface area (Å²) >= 11 is 1.87. The maximum Gasteiger partial charge on any atom is 0.186 e. The number of anilines is 1. The number of carbonyl (C=O) groups is 1. The molecule has 1 aromatic rings. The summed E-state index contributed by atoms with van der Waals surface area (Å²) in [7, 11) is 0. The van der Waals surface area contributed by atoms with Crippen molar-refractivity contribution in [2.75, 3.05) is 4.90 Å². The molecule has 0 radical (unpaired) electrons. The molecule has 0 saturated heterocycles. The molecule has 1 heterocycles. The minimum atomic E-state index is -0.645. The van der Waals surface area contributed by atoms with Crippen LogP contribution in [0.5, 0.6) is 0 Å². The number of nitrogens with zero attached hydrogens (tertiary/aromatic N) is 2. The van der Waals surface area contributed by atoms with Crippen LogP contribution in [0.25, 0.3) is 0 Å². The minimum absolute atomic E-state index is 0.0282. The molecule has 4 nitrogen and oxygen atoms in total. The SMILES string of the molecule is C=C1C(=O)[C@]23C(C)[C@@H]1CC[C@H]2[C@]1(C)Cc2sc(N(C(C)C)C(C)C)nc2C(C)(C)[C@H]1C[C@H]3O. The van der Waals surface area contributed by atoms with Crippen molar-refractivity contribution in [3.05, 3.63) is 22.7 Å². The average molecular weight is 471 g/mol. The van der Waals surface area contributed by atoms with Crippen molar-refractivity contribution in [2.45, 2.75) is 105 Å². The molecule has 0 aromatic carbocycles. The lowest BCUT2D eigenvalue weighted by Gasteiger charge is -2.65. The topological polar surface area (TPSA) is 53.4 Å². The molecule has 0 aliphatic heterocycles. The normalized spacial score (nSPS) is 41.2. The molecule has 182 valence electrons. The van der Waals surface area contributed by atoms with Gasteiger partial charge in [-0.15, -0.1) is 11.3 Å². The van der Waals surface area contributed by atoms with Gasteiger partial charge in [-0.25, -0.2) is 4.98 Å².